The summed E-state index contributed by atoms with van der Waals surface area (Å²) in [6.45, 7) is 5.87. The van der Waals surface area contributed by atoms with Gasteiger partial charge >= 0.3 is 6.03 Å². The van der Waals surface area contributed by atoms with E-state index in [0.717, 1.165) is 0 Å². The molecule has 0 bridgehead atoms. The number of carbonyl (C=O) groups is 1. The summed E-state index contributed by atoms with van der Waals surface area (Å²) in [4.78, 5) is 11.9. The Morgan fingerprint density at radius 3 is 2.19 bits per heavy atom. The minimum atomic E-state index is -4.04. The molecule has 0 atom stereocenters. The first kappa shape index (κ1) is 20.7. The van der Waals surface area contributed by atoms with Gasteiger partial charge in [-0.1, -0.05) is 24.3 Å². The maximum atomic E-state index is 12.5. The fraction of sp³-hybridized carbons (Fsp3) is 0.222. The van der Waals surface area contributed by atoms with Crippen LogP contribution in [0.3, 0.4) is 0 Å². The largest absolute Gasteiger partial charge is 0.358 e. The van der Waals surface area contributed by atoms with Crippen LogP contribution in [0.2, 0.25) is 0 Å². The zero-order valence-corrected chi connectivity index (χ0v) is 16.9. The minimum absolute atomic E-state index is 0.0609. The summed E-state index contributed by atoms with van der Waals surface area (Å²) in [5, 5.41) is 8.84. The Bertz CT molecular complexity index is 923. The summed E-state index contributed by atoms with van der Waals surface area (Å²) in [5.74, 6) is 0. The average molecular weight is 407 g/mol. The second-order valence-electron chi connectivity index (χ2n) is 6.78. The molecule has 0 aliphatic heterocycles. The number of benzene rings is 2. The number of nitrogens with one attached hydrogen (secondary N) is 4. The molecule has 2 amide bonds. The summed E-state index contributed by atoms with van der Waals surface area (Å²) >= 11 is 5.21. The molecular weight excluding hydrogens is 384 g/mol. The number of sulfonamides is 1. The van der Waals surface area contributed by atoms with Crippen molar-refractivity contribution in [3.8, 4) is 0 Å². The van der Waals surface area contributed by atoms with Gasteiger partial charge in [0.2, 0.25) is 0 Å². The van der Waals surface area contributed by atoms with Crippen molar-refractivity contribution in [2.45, 2.75) is 31.2 Å². The lowest BCUT2D eigenvalue weighted by molar-refractivity contribution is 0.256. The van der Waals surface area contributed by atoms with Crippen molar-refractivity contribution >= 4 is 44.8 Å². The molecule has 0 aromatic heterocycles. The van der Waals surface area contributed by atoms with Crippen molar-refractivity contribution in [3.05, 3.63) is 54.6 Å². The molecule has 144 valence electrons. The molecule has 0 heterocycles. The predicted octanol–water partition coefficient (Wildman–Crippen LogP) is 3.28. The highest BCUT2D eigenvalue weighted by atomic mass is 32.2. The number of anilines is 2. The van der Waals surface area contributed by atoms with Crippen LogP contribution in [0.25, 0.3) is 0 Å². The molecule has 0 aliphatic rings. The van der Waals surface area contributed by atoms with Gasteiger partial charge in [-0.25, -0.2) is 17.9 Å². The number of urea groups is 1. The average Bonchev–Trinajstić information content (AvgIpc) is 2.53. The van der Waals surface area contributed by atoms with Crippen LogP contribution in [0.4, 0.5) is 16.2 Å². The number of thiocarbonyl (C=S) groups is 1. The molecule has 27 heavy (non-hydrogen) atoms. The van der Waals surface area contributed by atoms with Crippen LogP contribution in [0, 0.1) is 0 Å². The fourth-order valence-electron chi connectivity index (χ4n) is 2.10. The predicted molar refractivity (Wildman–Crippen MR) is 111 cm³/mol. The third-order valence-electron chi connectivity index (χ3n) is 3.15. The van der Waals surface area contributed by atoms with Crippen molar-refractivity contribution in [3.63, 3.8) is 0 Å². The van der Waals surface area contributed by atoms with E-state index in [0.29, 0.717) is 16.5 Å². The molecule has 2 rings (SSSR count). The van der Waals surface area contributed by atoms with Crippen LogP contribution in [-0.4, -0.2) is 25.1 Å². The van der Waals surface area contributed by atoms with E-state index in [1.54, 1.807) is 42.5 Å². The Hall–Kier alpha value is -2.65. The van der Waals surface area contributed by atoms with E-state index in [-0.39, 0.29) is 10.4 Å². The maximum absolute atomic E-state index is 12.5. The highest BCUT2D eigenvalue weighted by molar-refractivity contribution is 7.90. The van der Waals surface area contributed by atoms with Gasteiger partial charge in [0.1, 0.15) is 0 Å². The number of para-hydroxylation sites is 1. The highest BCUT2D eigenvalue weighted by Crippen LogP contribution is 2.16. The Morgan fingerprint density at radius 1 is 0.926 bits per heavy atom. The molecule has 0 fully saturated rings. The summed E-state index contributed by atoms with van der Waals surface area (Å²) in [6.07, 6.45) is 0. The van der Waals surface area contributed by atoms with Crippen LogP contribution in [-0.2, 0) is 10.0 Å². The molecule has 0 saturated heterocycles. The highest BCUT2D eigenvalue weighted by Gasteiger charge is 2.18. The number of amides is 2. The minimum Gasteiger partial charge on any atom is -0.358 e. The normalized spacial score (nSPS) is 11.4. The molecule has 0 spiro atoms. The summed E-state index contributed by atoms with van der Waals surface area (Å²) in [7, 11) is -4.04. The fourth-order valence-corrected chi connectivity index (χ4v) is 3.48. The molecule has 0 saturated carbocycles. The SMILES string of the molecule is CC(C)(C)NC(=S)Nc1cccc(S(=O)(=O)NC(=O)Nc2ccccc2)c1. The van der Waals surface area contributed by atoms with E-state index in [2.05, 4.69) is 16.0 Å². The van der Waals surface area contributed by atoms with Gasteiger partial charge < -0.3 is 16.0 Å². The number of hydrogen-bond acceptors (Lipinski definition) is 4. The molecule has 0 radical (unpaired) electrons. The lowest BCUT2D eigenvalue weighted by Crippen LogP contribution is -2.42. The summed E-state index contributed by atoms with van der Waals surface area (Å²) < 4.78 is 26.9. The topological polar surface area (TPSA) is 99.3 Å². The van der Waals surface area contributed by atoms with Crippen LogP contribution >= 0.6 is 12.2 Å². The van der Waals surface area contributed by atoms with Crippen LogP contribution in [0.1, 0.15) is 20.8 Å². The van der Waals surface area contributed by atoms with Crippen LogP contribution in [0.5, 0.6) is 0 Å². The van der Waals surface area contributed by atoms with Gasteiger partial charge in [-0.2, -0.15) is 0 Å². The van der Waals surface area contributed by atoms with E-state index in [9.17, 15) is 13.2 Å². The van der Waals surface area contributed by atoms with E-state index >= 15 is 0 Å². The van der Waals surface area contributed by atoms with Crippen molar-refractivity contribution < 1.29 is 13.2 Å². The number of rotatable bonds is 4. The summed E-state index contributed by atoms with van der Waals surface area (Å²) in [5.41, 5.74) is 0.743. The van der Waals surface area contributed by atoms with E-state index < -0.39 is 16.1 Å². The smallest absolute Gasteiger partial charge is 0.333 e. The second kappa shape index (κ2) is 8.36. The van der Waals surface area contributed by atoms with Crippen LogP contribution < -0.4 is 20.7 Å². The molecule has 0 unspecified atom stereocenters. The van der Waals surface area contributed by atoms with Crippen molar-refractivity contribution in [2.24, 2.45) is 0 Å². The van der Waals surface area contributed by atoms with Crippen molar-refractivity contribution in [1.82, 2.24) is 10.0 Å². The molecule has 2 aromatic rings. The maximum Gasteiger partial charge on any atom is 0.333 e. The first-order chi connectivity index (χ1) is 12.5. The van der Waals surface area contributed by atoms with E-state index in [1.807, 2.05) is 25.5 Å². The zero-order valence-electron chi connectivity index (χ0n) is 15.2. The molecule has 2 aromatic carbocycles. The van der Waals surface area contributed by atoms with Crippen molar-refractivity contribution in [1.29, 1.82) is 0 Å². The van der Waals surface area contributed by atoms with Crippen LogP contribution in [0.15, 0.2) is 59.5 Å². The van der Waals surface area contributed by atoms with Gasteiger partial charge in [0.05, 0.1) is 4.90 Å². The lowest BCUT2D eigenvalue weighted by Gasteiger charge is -2.23. The standard InChI is InChI=1S/C18H22N4O3S2/c1-18(2,3)21-17(26)20-14-10-7-11-15(12-14)27(24,25)22-16(23)19-13-8-5-4-6-9-13/h4-12H,1-3H3,(H2,19,22,23)(H2,20,21,26). The second-order valence-corrected chi connectivity index (χ2v) is 8.87. The molecular formula is C18H22N4O3S2. The number of hydrogen-bond donors (Lipinski definition) is 4. The van der Waals surface area contributed by atoms with E-state index in [4.69, 9.17) is 12.2 Å². The van der Waals surface area contributed by atoms with Crippen molar-refractivity contribution in [2.75, 3.05) is 10.6 Å². The number of carbonyl (C=O) groups excluding carboxylic acids is 1. The van der Waals surface area contributed by atoms with Gasteiger partial charge in [0, 0.05) is 16.9 Å². The molecule has 7 nitrogen and oxygen atoms in total. The Balaban J connectivity index is 2.07. The Morgan fingerprint density at radius 2 is 1.56 bits per heavy atom. The van der Waals surface area contributed by atoms with Gasteiger partial charge in [0.15, 0.2) is 5.11 Å². The first-order valence-corrected chi connectivity index (χ1v) is 10.0. The summed E-state index contributed by atoms with van der Waals surface area (Å²) in [6, 6.07) is 13.7. The molecule has 4 N–H and O–H groups in total. The first-order valence-electron chi connectivity index (χ1n) is 8.13. The molecule has 0 aliphatic carbocycles. The zero-order chi connectivity index (χ0) is 20.1. The van der Waals surface area contributed by atoms with Gasteiger partial charge in [-0.3, -0.25) is 0 Å². The van der Waals surface area contributed by atoms with Gasteiger partial charge in [0.25, 0.3) is 10.0 Å². The van der Waals surface area contributed by atoms with Gasteiger partial charge in [-0.05, 0) is 63.3 Å². The molecule has 9 heteroatoms. The Labute approximate surface area is 164 Å². The third-order valence-corrected chi connectivity index (χ3v) is 4.68. The van der Waals surface area contributed by atoms with Gasteiger partial charge in [-0.15, -0.1) is 0 Å². The van der Waals surface area contributed by atoms with E-state index in [1.165, 1.54) is 12.1 Å². The monoisotopic (exact) mass is 406 g/mol. The third kappa shape index (κ3) is 6.87. The Kier molecular flexibility index (Phi) is 6.40. The lowest BCUT2D eigenvalue weighted by atomic mass is 10.1. The quantitative estimate of drug-likeness (QED) is 0.582.